The van der Waals surface area contributed by atoms with Crippen molar-refractivity contribution >= 4 is 5.78 Å². The smallest absolute Gasteiger partial charge is 0.166 e. The molecule has 1 atom stereocenters. The van der Waals surface area contributed by atoms with Crippen molar-refractivity contribution in [3.05, 3.63) is 53.1 Å². The first kappa shape index (κ1) is 22.2. The molecule has 0 aromatic heterocycles. The lowest BCUT2D eigenvalue weighted by molar-refractivity contribution is 0.0928. The minimum Gasteiger partial charge on any atom is -0.496 e. The molecule has 0 fully saturated rings. The van der Waals surface area contributed by atoms with E-state index in [0.717, 1.165) is 62.1 Å². The molecule has 0 bridgehead atoms. The molecule has 0 N–H and O–H groups in total. The van der Waals surface area contributed by atoms with Gasteiger partial charge in [0.05, 0.1) is 21.3 Å². The number of nitrogens with zero attached hydrogens (tertiary/aromatic N) is 1. The number of ether oxygens (including phenoxy) is 3. The Hall–Kier alpha value is -2.53. The van der Waals surface area contributed by atoms with Gasteiger partial charge in [-0.1, -0.05) is 24.6 Å². The maximum atomic E-state index is 12.8. The topological polar surface area (TPSA) is 48.0 Å². The van der Waals surface area contributed by atoms with E-state index in [1.165, 1.54) is 5.56 Å². The van der Waals surface area contributed by atoms with Crippen molar-refractivity contribution in [2.75, 3.05) is 41.5 Å². The Morgan fingerprint density at radius 3 is 2.37 bits per heavy atom. The first-order valence-corrected chi connectivity index (χ1v) is 10.7. The van der Waals surface area contributed by atoms with Gasteiger partial charge in [0.1, 0.15) is 5.75 Å². The molecule has 5 heteroatoms. The number of rotatable bonds is 11. The summed E-state index contributed by atoms with van der Waals surface area (Å²) in [6, 6.07) is 12.0. The van der Waals surface area contributed by atoms with Gasteiger partial charge in [-0.2, -0.15) is 0 Å². The van der Waals surface area contributed by atoms with E-state index in [2.05, 4.69) is 24.1 Å². The van der Waals surface area contributed by atoms with Crippen molar-refractivity contribution in [2.24, 2.45) is 5.92 Å². The van der Waals surface area contributed by atoms with E-state index in [1.54, 1.807) is 21.3 Å². The number of carbonyl (C=O) groups excluding carboxylic acids is 1. The van der Waals surface area contributed by atoms with Crippen LogP contribution in [0, 0.1) is 5.92 Å². The number of hydrogen-bond acceptors (Lipinski definition) is 5. The van der Waals surface area contributed by atoms with E-state index in [1.807, 2.05) is 24.3 Å². The second kappa shape index (κ2) is 10.5. The summed E-state index contributed by atoms with van der Waals surface area (Å²) in [6.45, 7) is 2.03. The lowest BCUT2D eigenvalue weighted by Crippen LogP contribution is -2.23. The highest BCUT2D eigenvalue weighted by Gasteiger charge is 2.31. The summed E-state index contributed by atoms with van der Waals surface area (Å²) in [6.07, 6.45) is 4.85. The summed E-state index contributed by atoms with van der Waals surface area (Å²) in [5, 5.41) is 0. The first-order chi connectivity index (χ1) is 14.6. The molecule has 0 saturated carbocycles. The van der Waals surface area contributed by atoms with Crippen molar-refractivity contribution < 1.29 is 19.0 Å². The Kier molecular flexibility index (Phi) is 7.75. The number of unbranched alkanes of at least 4 members (excludes halogenated alkanes) is 1. The number of carbonyl (C=O) groups is 1. The van der Waals surface area contributed by atoms with Crippen LogP contribution >= 0.6 is 0 Å². The third-order valence-corrected chi connectivity index (χ3v) is 6.01. The maximum Gasteiger partial charge on any atom is 0.166 e. The third-order valence-electron chi connectivity index (χ3n) is 6.01. The molecule has 0 aliphatic heterocycles. The minimum absolute atomic E-state index is 0.0794. The number of Topliss-reactive ketones (excluding diaryl/α,β-unsaturated/α-hetero) is 1. The lowest BCUT2D eigenvalue weighted by Gasteiger charge is -2.18. The predicted molar refractivity (Wildman–Crippen MR) is 119 cm³/mol. The predicted octanol–water partition coefficient (Wildman–Crippen LogP) is 4.41. The zero-order valence-corrected chi connectivity index (χ0v) is 18.6. The van der Waals surface area contributed by atoms with Crippen LogP contribution in [0.25, 0.3) is 0 Å². The highest BCUT2D eigenvalue weighted by atomic mass is 16.5. The van der Waals surface area contributed by atoms with Crippen LogP contribution in [0.4, 0.5) is 0 Å². The van der Waals surface area contributed by atoms with E-state index >= 15 is 0 Å². The van der Waals surface area contributed by atoms with Crippen molar-refractivity contribution in [1.82, 2.24) is 4.90 Å². The molecule has 2 aromatic rings. The molecule has 0 radical (unpaired) electrons. The van der Waals surface area contributed by atoms with E-state index in [9.17, 15) is 4.79 Å². The van der Waals surface area contributed by atoms with Gasteiger partial charge in [-0.3, -0.25) is 4.79 Å². The van der Waals surface area contributed by atoms with E-state index in [-0.39, 0.29) is 11.7 Å². The first-order valence-electron chi connectivity index (χ1n) is 10.7. The van der Waals surface area contributed by atoms with Gasteiger partial charge in [0.25, 0.3) is 0 Å². The normalized spacial score (nSPS) is 15.4. The largest absolute Gasteiger partial charge is 0.496 e. The fraction of sp³-hybridized carbons (Fsp3) is 0.480. The molecule has 162 valence electrons. The molecule has 5 nitrogen and oxygen atoms in total. The number of fused-ring (bicyclic) bond motifs is 1. The molecule has 0 amide bonds. The SMILES string of the molecule is COc1ccccc1CCN(C)CCCCC1Cc2cc(OC)c(OC)cc2C1=O. The fourth-order valence-corrected chi connectivity index (χ4v) is 4.24. The number of likely N-dealkylation sites (N-methyl/N-ethyl adjacent to an activating group) is 1. The van der Waals surface area contributed by atoms with Crippen LogP contribution in [0.2, 0.25) is 0 Å². The van der Waals surface area contributed by atoms with E-state index in [0.29, 0.717) is 11.5 Å². The van der Waals surface area contributed by atoms with Crippen LogP contribution < -0.4 is 14.2 Å². The molecule has 0 heterocycles. The Morgan fingerprint density at radius 2 is 1.63 bits per heavy atom. The Bertz CT molecular complexity index is 864. The molecule has 2 aromatic carbocycles. The third kappa shape index (κ3) is 5.14. The van der Waals surface area contributed by atoms with Gasteiger partial charge in [0, 0.05) is 18.0 Å². The quantitative estimate of drug-likeness (QED) is 0.513. The van der Waals surface area contributed by atoms with Gasteiger partial charge in [0.15, 0.2) is 17.3 Å². The molecule has 3 rings (SSSR count). The minimum atomic E-state index is 0.0794. The van der Waals surface area contributed by atoms with Gasteiger partial charge < -0.3 is 19.1 Å². The van der Waals surface area contributed by atoms with Crippen molar-refractivity contribution in [3.8, 4) is 17.2 Å². The standard InChI is InChI=1S/C25H33NO4/c1-26(14-12-18-9-5-6-11-22(18)28-2)13-8-7-10-19-15-20-16-23(29-3)24(30-4)17-21(20)25(19)27/h5-6,9,11,16-17,19H,7-8,10,12-15H2,1-4H3. The monoisotopic (exact) mass is 411 g/mol. The summed E-state index contributed by atoms with van der Waals surface area (Å²) >= 11 is 0. The zero-order valence-electron chi connectivity index (χ0n) is 18.6. The average molecular weight is 412 g/mol. The molecule has 1 aliphatic rings. The average Bonchev–Trinajstić information content (AvgIpc) is 3.08. The Labute approximate surface area is 179 Å². The molecule has 1 unspecified atom stereocenters. The molecule has 0 saturated heterocycles. The van der Waals surface area contributed by atoms with Crippen LogP contribution in [0.3, 0.4) is 0 Å². The van der Waals surface area contributed by atoms with Crippen molar-refractivity contribution in [2.45, 2.75) is 32.1 Å². The van der Waals surface area contributed by atoms with Crippen molar-refractivity contribution in [3.63, 3.8) is 0 Å². The summed E-state index contributed by atoms with van der Waals surface area (Å²) in [5.74, 6) is 2.60. The maximum absolute atomic E-state index is 12.8. The highest BCUT2D eigenvalue weighted by molar-refractivity contribution is 6.02. The molecule has 0 spiro atoms. The second-order valence-corrected chi connectivity index (χ2v) is 7.99. The van der Waals surface area contributed by atoms with Crippen LogP contribution in [-0.4, -0.2) is 52.1 Å². The van der Waals surface area contributed by atoms with Crippen molar-refractivity contribution in [1.29, 1.82) is 0 Å². The van der Waals surface area contributed by atoms with Gasteiger partial charge in [0.2, 0.25) is 0 Å². The van der Waals surface area contributed by atoms with Gasteiger partial charge >= 0.3 is 0 Å². The molecule has 30 heavy (non-hydrogen) atoms. The fourth-order valence-electron chi connectivity index (χ4n) is 4.24. The number of methoxy groups -OCH3 is 3. The Morgan fingerprint density at radius 1 is 0.933 bits per heavy atom. The lowest BCUT2D eigenvalue weighted by atomic mass is 9.98. The van der Waals surface area contributed by atoms with E-state index < -0.39 is 0 Å². The van der Waals surface area contributed by atoms with Gasteiger partial charge in [-0.05, 0) is 68.6 Å². The summed E-state index contributed by atoms with van der Waals surface area (Å²) in [4.78, 5) is 15.1. The summed E-state index contributed by atoms with van der Waals surface area (Å²) in [5.41, 5.74) is 3.12. The van der Waals surface area contributed by atoms with Gasteiger partial charge in [-0.15, -0.1) is 0 Å². The molecular weight excluding hydrogens is 378 g/mol. The Balaban J connectivity index is 1.43. The molecule has 1 aliphatic carbocycles. The second-order valence-electron chi connectivity index (χ2n) is 7.99. The summed E-state index contributed by atoms with van der Waals surface area (Å²) < 4.78 is 16.2. The van der Waals surface area contributed by atoms with Gasteiger partial charge in [-0.25, -0.2) is 0 Å². The highest BCUT2D eigenvalue weighted by Crippen LogP contribution is 2.38. The van der Waals surface area contributed by atoms with Crippen LogP contribution in [0.1, 0.15) is 40.7 Å². The summed E-state index contributed by atoms with van der Waals surface area (Å²) in [7, 11) is 7.11. The van der Waals surface area contributed by atoms with Crippen LogP contribution in [-0.2, 0) is 12.8 Å². The number of hydrogen-bond donors (Lipinski definition) is 0. The number of ketones is 1. The molecular formula is C25H33NO4. The van der Waals surface area contributed by atoms with Crippen LogP contribution in [0.15, 0.2) is 36.4 Å². The van der Waals surface area contributed by atoms with Crippen LogP contribution in [0.5, 0.6) is 17.2 Å². The number of benzene rings is 2. The van der Waals surface area contributed by atoms with E-state index in [4.69, 9.17) is 14.2 Å². The number of para-hydroxylation sites is 1. The zero-order chi connectivity index (χ0) is 21.5.